The third kappa shape index (κ3) is 3.22. The van der Waals surface area contributed by atoms with Gasteiger partial charge < -0.3 is 0 Å². The number of halogens is 1. The highest BCUT2D eigenvalue weighted by atomic mass is 35.5. The van der Waals surface area contributed by atoms with Crippen LogP contribution in [0.15, 0.2) is 12.1 Å². The number of hydrogen-bond donors (Lipinski definition) is 0. The van der Waals surface area contributed by atoms with E-state index in [1.54, 1.807) is 0 Å². The van der Waals surface area contributed by atoms with E-state index in [1.807, 2.05) is 11.3 Å². The molecule has 1 heterocycles. The Bertz CT molecular complexity index is 309. The highest BCUT2D eigenvalue weighted by Crippen LogP contribution is 2.38. The Morgan fingerprint density at radius 2 is 1.93 bits per heavy atom. The Morgan fingerprint density at radius 1 is 1.33 bits per heavy atom. The lowest BCUT2D eigenvalue weighted by Crippen LogP contribution is -2.07. The molecule has 2 heteroatoms. The van der Waals surface area contributed by atoms with Crippen LogP contribution in [-0.4, -0.2) is 0 Å². The SMILES string of the molecule is CCC(C)C(Cl)c1ccc(C(C)(C)C)s1. The van der Waals surface area contributed by atoms with Crippen molar-refractivity contribution in [2.45, 2.75) is 51.8 Å². The summed E-state index contributed by atoms with van der Waals surface area (Å²) in [6.07, 6.45) is 1.14. The molecule has 1 rings (SSSR count). The van der Waals surface area contributed by atoms with Crippen LogP contribution in [0.3, 0.4) is 0 Å². The minimum Gasteiger partial charge on any atom is -0.143 e. The summed E-state index contributed by atoms with van der Waals surface area (Å²) < 4.78 is 0. The molecule has 0 aliphatic rings. The minimum atomic E-state index is 0.177. The van der Waals surface area contributed by atoms with Crippen LogP contribution in [-0.2, 0) is 5.41 Å². The maximum atomic E-state index is 6.43. The molecule has 0 spiro atoms. The molecule has 2 unspecified atom stereocenters. The fourth-order valence-corrected chi connectivity index (χ4v) is 2.95. The molecule has 0 nitrogen and oxygen atoms in total. The van der Waals surface area contributed by atoms with Crippen molar-refractivity contribution in [3.05, 3.63) is 21.9 Å². The van der Waals surface area contributed by atoms with Crippen LogP contribution in [0.25, 0.3) is 0 Å². The highest BCUT2D eigenvalue weighted by molar-refractivity contribution is 7.12. The summed E-state index contributed by atoms with van der Waals surface area (Å²) in [5, 5.41) is 0.177. The van der Waals surface area contributed by atoms with Crippen LogP contribution in [0.4, 0.5) is 0 Å². The summed E-state index contributed by atoms with van der Waals surface area (Å²) >= 11 is 8.29. The van der Waals surface area contributed by atoms with Crippen molar-refractivity contribution in [3.8, 4) is 0 Å². The Morgan fingerprint density at radius 3 is 2.33 bits per heavy atom. The summed E-state index contributed by atoms with van der Waals surface area (Å²) in [4.78, 5) is 2.74. The van der Waals surface area contributed by atoms with Gasteiger partial charge >= 0.3 is 0 Å². The van der Waals surface area contributed by atoms with Gasteiger partial charge in [0.1, 0.15) is 0 Å². The molecule has 2 atom stereocenters. The average molecular weight is 245 g/mol. The van der Waals surface area contributed by atoms with Crippen LogP contribution in [0.2, 0.25) is 0 Å². The van der Waals surface area contributed by atoms with Gasteiger partial charge in [0, 0.05) is 9.75 Å². The average Bonchev–Trinajstić information content (AvgIpc) is 2.63. The van der Waals surface area contributed by atoms with Gasteiger partial charge in [0.15, 0.2) is 0 Å². The van der Waals surface area contributed by atoms with Crippen molar-refractivity contribution in [1.29, 1.82) is 0 Å². The lowest BCUT2D eigenvalue weighted by Gasteiger charge is -2.17. The molecule has 0 aliphatic carbocycles. The van der Waals surface area contributed by atoms with E-state index in [-0.39, 0.29) is 10.8 Å². The molecular formula is C13H21ClS. The zero-order chi connectivity index (χ0) is 11.6. The van der Waals surface area contributed by atoms with Gasteiger partial charge in [0.05, 0.1) is 5.38 Å². The van der Waals surface area contributed by atoms with E-state index in [0.29, 0.717) is 5.92 Å². The molecule has 1 aromatic rings. The summed E-state index contributed by atoms with van der Waals surface area (Å²) in [5.41, 5.74) is 0.245. The van der Waals surface area contributed by atoms with Gasteiger partial charge in [0.25, 0.3) is 0 Å². The summed E-state index contributed by atoms with van der Waals surface area (Å²) in [7, 11) is 0. The highest BCUT2D eigenvalue weighted by Gasteiger charge is 2.21. The Labute approximate surface area is 103 Å². The molecule has 1 aromatic heterocycles. The summed E-state index contributed by atoms with van der Waals surface area (Å²) in [6.45, 7) is 11.1. The van der Waals surface area contributed by atoms with Gasteiger partial charge in [-0.3, -0.25) is 0 Å². The van der Waals surface area contributed by atoms with Crippen molar-refractivity contribution >= 4 is 22.9 Å². The molecule has 0 bridgehead atoms. The van der Waals surface area contributed by atoms with Gasteiger partial charge in [0.2, 0.25) is 0 Å². The summed E-state index contributed by atoms with van der Waals surface area (Å²) in [5.74, 6) is 0.554. The molecule has 86 valence electrons. The molecule has 0 saturated carbocycles. The third-order valence-corrected chi connectivity index (χ3v) is 5.17. The van der Waals surface area contributed by atoms with Crippen molar-refractivity contribution in [2.75, 3.05) is 0 Å². The maximum Gasteiger partial charge on any atom is 0.0704 e. The van der Waals surface area contributed by atoms with Crippen LogP contribution in [0.1, 0.15) is 56.2 Å². The minimum absolute atomic E-state index is 0.177. The van der Waals surface area contributed by atoms with Gasteiger partial charge in [-0.25, -0.2) is 0 Å². The molecule has 0 saturated heterocycles. The molecule has 0 radical (unpaired) electrons. The standard InChI is InChI=1S/C13H21ClS/c1-6-9(2)12(14)10-7-8-11(15-10)13(3,4)5/h7-9,12H,6H2,1-5H3. The van der Waals surface area contributed by atoms with E-state index in [0.717, 1.165) is 6.42 Å². The van der Waals surface area contributed by atoms with Crippen LogP contribution < -0.4 is 0 Å². The van der Waals surface area contributed by atoms with Crippen LogP contribution in [0, 0.1) is 5.92 Å². The lowest BCUT2D eigenvalue weighted by molar-refractivity contribution is 0.547. The monoisotopic (exact) mass is 244 g/mol. The van der Waals surface area contributed by atoms with Gasteiger partial charge in [-0.15, -0.1) is 22.9 Å². The first-order chi connectivity index (χ1) is 6.86. The number of thiophene rings is 1. The molecule has 15 heavy (non-hydrogen) atoms. The van der Waals surface area contributed by atoms with E-state index >= 15 is 0 Å². The first-order valence-electron chi connectivity index (χ1n) is 5.60. The van der Waals surface area contributed by atoms with Crippen LogP contribution in [0.5, 0.6) is 0 Å². The number of hydrogen-bond acceptors (Lipinski definition) is 1. The Hall–Kier alpha value is -0.0100. The molecule has 0 fully saturated rings. The first-order valence-corrected chi connectivity index (χ1v) is 6.85. The van der Waals surface area contributed by atoms with Gasteiger partial charge in [-0.05, 0) is 23.5 Å². The second-order valence-corrected chi connectivity index (χ2v) is 6.82. The van der Waals surface area contributed by atoms with Gasteiger partial charge in [-0.1, -0.05) is 41.0 Å². The number of alkyl halides is 1. The van der Waals surface area contributed by atoms with Crippen molar-refractivity contribution in [1.82, 2.24) is 0 Å². The van der Waals surface area contributed by atoms with Gasteiger partial charge in [-0.2, -0.15) is 0 Å². The summed E-state index contributed by atoms with van der Waals surface area (Å²) in [6, 6.07) is 4.41. The van der Waals surface area contributed by atoms with Crippen molar-refractivity contribution < 1.29 is 0 Å². The molecule has 0 aliphatic heterocycles. The normalized spacial score (nSPS) is 16.4. The predicted molar refractivity (Wildman–Crippen MR) is 71.1 cm³/mol. The zero-order valence-electron chi connectivity index (χ0n) is 10.3. The second-order valence-electron chi connectivity index (χ2n) is 5.24. The van der Waals surface area contributed by atoms with Crippen molar-refractivity contribution in [3.63, 3.8) is 0 Å². The fraction of sp³-hybridized carbons (Fsp3) is 0.692. The largest absolute Gasteiger partial charge is 0.143 e. The first kappa shape index (κ1) is 13.1. The maximum absolute atomic E-state index is 6.43. The van der Waals surface area contributed by atoms with E-state index in [9.17, 15) is 0 Å². The predicted octanol–water partition coefficient (Wildman–Crippen LogP) is 5.37. The lowest BCUT2D eigenvalue weighted by atomic mass is 9.95. The van der Waals surface area contributed by atoms with Crippen LogP contribution >= 0.6 is 22.9 Å². The fourth-order valence-electron chi connectivity index (χ4n) is 1.39. The van der Waals surface area contributed by atoms with E-state index in [4.69, 9.17) is 11.6 Å². The molecular weight excluding hydrogens is 224 g/mol. The Balaban J connectivity index is 2.85. The third-order valence-electron chi connectivity index (χ3n) is 2.78. The van der Waals surface area contributed by atoms with E-state index < -0.39 is 0 Å². The molecule has 0 aromatic carbocycles. The van der Waals surface area contributed by atoms with Crippen molar-refractivity contribution in [2.24, 2.45) is 5.92 Å². The molecule has 0 N–H and O–H groups in total. The number of rotatable bonds is 3. The smallest absolute Gasteiger partial charge is 0.0704 e. The topological polar surface area (TPSA) is 0 Å². The van der Waals surface area contributed by atoms with E-state index in [1.165, 1.54) is 9.75 Å². The second kappa shape index (κ2) is 4.88. The molecule has 0 amide bonds. The van der Waals surface area contributed by atoms with E-state index in [2.05, 4.69) is 46.8 Å². The Kier molecular flexibility index (Phi) is 4.25. The quantitative estimate of drug-likeness (QED) is 0.627. The zero-order valence-corrected chi connectivity index (χ0v) is 11.9.